The first kappa shape index (κ1) is 18.0. The van der Waals surface area contributed by atoms with Crippen LogP contribution in [0, 0.1) is 11.2 Å². The minimum absolute atomic E-state index is 0.0364. The average Bonchev–Trinajstić information content (AvgIpc) is 2.99. The number of hydrogen-bond acceptors (Lipinski definition) is 2. The Balaban J connectivity index is 1.68. The molecule has 2 aliphatic rings. The molecule has 0 aromatic heterocycles. The molecule has 2 heterocycles. The Labute approximate surface area is 152 Å². The van der Waals surface area contributed by atoms with Gasteiger partial charge < -0.3 is 15.1 Å². The van der Waals surface area contributed by atoms with E-state index in [1.165, 1.54) is 18.2 Å². The summed E-state index contributed by atoms with van der Waals surface area (Å²) in [5.41, 5.74) is -0.0172. The second-order valence-corrected chi connectivity index (χ2v) is 7.61. The topological polar surface area (TPSA) is 52.6 Å². The van der Waals surface area contributed by atoms with Crippen molar-refractivity contribution in [2.45, 2.75) is 39.2 Å². The molecule has 0 unspecified atom stereocenters. The maximum atomic E-state index is 13.2. The summed E-state index contributed by atoms with van der Waals surface area (Å²) in [5, 5.41) is 2.70. The van der Waals surface area contributed by atoms with Crippen molar-refractivity contribution in [1.29, 1.82) is 0 Å². The van der Waals surface area contributed by atoms with Crippen molar-refractivity contribution in [3.8, 4) is 0 Å². The summed E-state index contributed by atoms with van der Waals surface area (Å²) in [7, 11) is 0. The van der Waals surface area contributed by atoms with Gasteiger partial charge in [0.15, 0.2) is 0 Å². The van der Waals surface area contributed by atoms with Crippen molar-refractivity contribution in [3.05, 3.63) is 29.0 Å². The Hall–Kier alpha value is -1.82. The van der Waals surface area contributed by atoms with E-state index >= 15 is 0 Å². The van der Waals surface area contributed by atoms with Gasteiger partial charge in [-0.2, -0.15) is 0 Å². The van der Waals surface area contributed by atoms with Crippen LogP contribution in [-0.4, -0.2) is 47.4 Å². The fraction of sp³-hybridized carbons (Fsp3) is 0.556. The number of urea groups is 1. The number of carbonyl (C=O) groups is 2. The third-order valence-corrected chi connectivity index (χ3v) is 5.49. The normalized spacial score (nSPS) is 23.6. The molecule has 1 N–H and O–H groups in total. The predicted molar refractivity (Wildman–Crippen MR) is 95.1 cm³/mol. The van der Waals surface area contributed by atoms with Crippen LogP contribution in [0.1, 0.15) is 33.1 Å². The van der Waals surface area contributed by atoms with Gasteiger partial charge in [0.05, 0.1) is 10.4 Å². The maximum absolute atomic E-state index is 13.2. The number of carbonyl (C=O) groups excluding carboxylic acids is 2. The Morgan fingerprint density at radius 2 is 2.08 bits per heavy atom. The van der Waals surface area contributed by atoms with Crippen molar-refractivity contribution in [3.63, 3.8) is 0 Å². The molecule has 5 nitrogen and oxygen atoms in total. The van der Waals surface area contributed by atoms with E-state index in [-0.39, 0.29) is 23.0 Å². The minimum atomic E-state index is -0.527. The van der Waals surface area contributed by atoms with Crippen LogP contribution < -0.4 is 5.32 Å². The molecule has 136 valence electrons. The van der Waals surface area contributed by atoms with Gasteiger partial charge in [-0.05, 0) is 51.3 Å². The van der Waals surface area contributed by atoms with Crippen LogP contribution in [-0.2, 0) is 4.79 Å². The van der Waals surface area contributed by atoms with E-state index in [0.29, 0.717) is 25.2 Å². The number of rotatable bonds is 2. The van der Waals surface area contributed by atoms with Crippen molar-refractivity contribution in [2.75, 3.05) is 25.0 Å². The highest BCUT2D eigenvalue weighted by Crippen LogP contribution is 2.40. The SMILES string of the molecule is CC(C)N1CCC[C@@]2(CCN(C(=O)Nc3ccc(F)c(Cl)c3)C2)C1=O. The lowest BCUT2D eigenvalue weighted by Gasteiger charge is -2.41. The number of nitrogens with zero attached hydrogens (tertiary/aromatic N) is 2. The van der Waals surface area contributed by atoms with Crippen molar-refractivity contribution >= 4 is 29.2 Å². The summed E-state index contributed by atoms with van der Waals surface area (Å²) < 4.78 is 13.2. The van der Waals surface area contributed by atoms with Gasteiger partial charge in [0.2, 0.25) is 5.91 Å². The summed E-state index contributed by atoms with van der Waals surface area (Å²) in [4.78, 5) is 29.0. The Morgan fingerprint density at radius 3 is 2.76 bits per heavy atom. The molecule has 1 atom stereocenters. The van der Waals surface area contributed by atoms with Crippen LogP contribution in [0.25, 0.3) is 0 Å². The second-order valence-electron chi connectivity index (χ2n) is 7.21. The predicted octanol–water partition coefficient (Wildman–Crippen LogP) is 3.73. The lowest BCUT2D eigenvalue weighted by molar-refractivity contribution is -0.147. The molecule has 7 heteroatoms. The lowest BCUT2D eigenvalue weighted by atomic mass is 9.78. The molecule has 1 spiro atoms. The standard InChI is InChI=1S/C18H23ClFN3O2/c1-12(2)23-8-3-6-18(16(23)24)7-9-22(11-18)17(25)21-13-4-5-15(20)14(19)10-13/h4-5,10,12H,3,6-9,11H2,1-2H3,(H,21,25)/t18-/m0/s1. The molecular formula is C18H23ClFN3O2. The smallest absolute Gasteiger partial charge is 0.321 e. The summed E-state index contributed by atoms with van der Waals surface area (Å²) in [6.07, 6.45) is 2.47. The zero-order chi connectivity index (χ0) is 18.2. The van der Waals surface area contributed by atoms with E-state index in [1.54, 1.807) is 4.90 Å². The highest BCUT2D eigenvalue weighted by molar-refractivity contribution is 6.31. The van der Waals surface area contributed by atoms with Crippen LogP contribution >= 0.6 is 11.6 Å². The molecule has 0 aliphatic carbocycles. The molecule has 0 radical (unpaired) electrons. The van der Waals surface area contributed by atoms with Crippen LogP contribution in [0.2, 0.25) is 5.02 Å². The number of benzene rings is 1. The van der Waals surface area contributed by atoms with E-state index in [9.17, 15) is 14.0 Å². The van der Waals surface area contributed by atoms with Crippen molar-refractivity contribution in [1.82, 2.24) is 9.80 Å². The van der Waals surface area contributed by atoms with Gasteiger partial charge in [-0.25, -0.2) is 9.18 Å². The number of piperidine rings is 1. The highest BCUT2D eigenvalue weighted by atomic mass is 35.5. The molecule has 1 aromatic rings. The maximum Gasteiger partial charge on any atom is 0.321 e. The molecular weight excluding hydrogens is 345 g/mol. The summed E-state index contributed by atoms with van der Waals surface area (Å²) in [5.74, 6) is -0.366. The van der Waals surface area contributed by atoms with E-state index in [0.717, 1.165) is 19.4 Å². The zero-order valence-electron chi connectivity index (χ0n) is 14.5. The number of nitrogens with one attached hydrogen (secondary N) is 1. The van der Waals surface area contributed by atoms with Crippen LogP contribution in [0.5, 0.6) is 0 Å². The van der Waals surface area contributed by atoms with E-state index in [2.05, 4.69) is 5.32 Å². The highest BCUT2D eigenvalue weighted by Gasteiger charge is 2.49. The number of anilines is 1. The molecule has 2 aliphatic heterocycles. The van der Waals surface area contributed by atoms with E-state index in [1.807, 2.05) is 18.7 Å². The quantitative estimate of drug-likeness (QED) is 0.865. The van der Waals surface area contributed by atoms with E-state index < -0.39 is 11.2 Å². The first-order valence-corrected chi connectivity index (χ1v) is 9.02. The van der Waals surface area contributed by atoms with Crippen LogP contribution in [0.15, 0.2) is 18.2 Å². The first-order valence-electron chi connectivity index (χ1n) is 8.64. The van der Waals surface area contributed by atoms with Crippen LogP contribution in [0.4, 0.5) is 14.9 Å². The second kappa shape index (κ2) is 6.83. The van der Waals surface area contributed by atoms with Gasteiger partial charge >= 0.3 is 6.03 Å². The van der Waals surface area contributed by atoms with Gasteiger partial charge in [-0.15, -0.1) is 0 Å². The van der Waals surface area contributed by atoms with Crippen molar-refractivity contribution < 1.29 is 14.0 Å². The lowest BCUT2D eigenvalue weighted by Crippen LogP contribution is -2.52. The molecule has 2 saturated heterocycles. The number of amides is 3. The zero-order valence-corrected chi connectivity index (χ0v) is 15.3. The molecule has 0 saturated carbocycles. The molecule has 2 fully saturated rings. The number of halogens is 2. The molecule has 25 heavy (non-hydrogen) atoms. The fourth-order valence-electron chi connectivity index (χ4n) is 3.79. The Bertz CT molecular complexity index is 697. The molecule has 0 bridgehead atoms. The Kier molecular flexibility index (Phi) is 4.91. The average molecular weight is 368 g/mol. The monoisotopic (exact) mass is 367 g/mol. The van der Waals surface area contributed by atoms with Gasteiger partial charge in [0.25, 0.3) is 0 Å². The first-order chi connectivity index (χ1) is 11.8. The summed E-state index contributed by atoms with van der Waals surface area (Å²) in [6.45, 7) is 5.80. The van der Waals surface area contributed by atoms with Gasteiger partial charge in [0, 0.05) is 31.4 Å². The van der Waals surface area contributed by atoms with Gasteiger partial charge in [-0.1, -0.05) is 11.6 Å². The fourth-order valence-corrected chi connectivity index (χ4v) is 3.97. The number of likely N-dealkylation sites (tertiary alicyclic amines) is 2. The third kappa shape index (κ3) is 3.45. The molecule has 3 amide bonds. The van der Waals surface area contributed by atoms with E-state index in [4.69, 9.17) is 11.6 Å². The van der Waals surface area contributed by atoms with Gasteiger partial charge in [-0.3, -0.25) is 4.79 Å². The van der Waals surface area contributed by atoms with Crippen molar-refractivity contribution in [2.24, 2.45) is 5.41 Å². The largest absolute Gasteiger partial charge is 0.340 e. The molecule has 1 aromatic carbocycles. The number of hydrogen-bond donors (Lipinski definition) is 1. The van der Waals surface area contributed by atoms with Gasteiger partial charge in [0.1, 0.15) is 5.82 Å². The van der Waals surface area contributed by atoms with Crippen LogP contribution in [0.3, 0.4) is 0 Å². The third-order valence-electron chi connectivity index (χ3n) is 5.20. The summed E-state index contributed by atoms with van der Waals surface area (Å²) in [6, 6.07) is 3.96. The molecule has 3 rings (SSSR count). The minimum Gasteiger partial charge on any atom is -0.340 e. The summed E-state index contributed by atoms with van der Waals surface area (Å²) >= 11 is 5.75. The Morgan fingerprint density at radius 1 is 1.32 bits per heavy atom.